The van der Waals surface area contributed by atoms with E-state index < -0.39 is 9.84 Å². The van der Waals surface area contributed by atoms with Gasteiger partial charge in [-0.3, -0.25) is 0 Å². The van der Waals surface area contributed by atoms with E-state index in [1.54, 1.807) is 12.1 Å². The lowest BCUT2D eigenvalue weighted by Gasteiger charge is -2.11. The number of hydrogen-bond donors (Lipinski definition) is 0. The molecule has 1 atom stereocenters. The van der Waals surface area contributed by atoms with Crippen LogP contribution in [-0.2, 0) is 9.84 Å². The van der Waals surface area contributed by atoms with Crippen LogP contribution >= 0.6 is 11.8 Å². The second-order valence-corrected chi connectivity index (χ2v) is 6.83. The molecule has 0 aromatic heterocycles. The molecule has 1 rings (SSSR count). The molecule has 0 saturated heterocycles. The number of hydrogen-bond acceptors (Lipinski definition) is 3. The van der Waals surface area contributed by atoms with E-state index in [2.05, 4.69) is 6.07 Å². The van der Waals surface area contributed by atoms with E-state index in [-0.39, 0.29) is 4.58 Å². The van der Waals surface area contributed by atoms with Gasteiger partial charge in [-0.25, -0.2) is 8.42 Å². The van der Waals surface area contributed by atoms with Crippen LogP contribution in [0.5, 0.6) is 0 Å². The molecule has 0 saturated carbocycles. The lowest BCUT2D eigenvalue weighted by atomic mass is 10.4. The summed E-state index contributed by atoms with van der Waals surface area (Å²) in [5, 5.41) is 0. The molecular weight excluding hydrogens is 216 g/mol. The van der Waals surface area contributed by atoms with Crippen molar-refractivity contribution >= 4 is 21.6 Å². The molecule has 0 N–H and O–H groups in total. The molecular formula is C10H13O2S2. The topological polar surface area (TPSA) is 34.1 Å². The maximum Gasteiger partial charge on any atom is 0.159 e. The Morgan fingerprint density at radius 1 is 1.57 bits per heavy atom. The first-order valence-corrected chi connectivity index (χ1v) is 7.19. The van der Waals surface area contributed by atoms with Crippen molar-refractivity contribution in [3.8, 4) is 0 Å². The number of sulfone groups is 1. The Kier molecular flexibility index (Phi) is 4.01. The minimum atomic E-state index is -2.96. The molecule has 1 aromatic rings. The molecule has 4 heteroatoms. The first-order chi connectivity index (χ1) is 6.54. The molecule has 0 aliphatic carbocycles. The second kappa shape index (κ2) is 4.84. The van der Waals surface area contributed by atoms with Crippen LogP contribution in [-0.4, -0.2) is 19.3 Å². The van der Waals surface area contributed by atoms with Gasteiger partial charge in [0.1, 0.15) is 4.58 Å². The predicted octanol–water partition coefficient (Wildman–Crippen LogP) is 2.36. The van der Waals surface area contributed by atoms with Crippen molar-refractivity contribution in [3.63, 3.8) is 0 Å². The summed E-state index contributed by atoms with van der Waals surface area (Å²) in [6.45, 7) is 1.88. The van der Waals surface area contributed by atoms with Crippen molar-refractivity contribution in [2.24, 2.45) is 0 Å². The van der Waals surface area contributed by atoms with E-state index >= 15 is 0 Å². The van der Waals surface area contributed by atoms with Crippen LogP contribution in [0.25, 0.3) is 0 Å². The molecule has 0 heterocycles. The summed E-state index contributed by atoms with van der Waals surface area (Å²) in [7, 11) is -2.96. The predicted molar refractivity (Wildman–Crippen MR) is 60.1 cm³/mol. The summed E-state index contributed by atoms with van der Waals surface area (Å²) in [6, 6.07) is 10.3. The van der Waals surface area contributed by atoms with Gasteiger partial charge in [0.05, 0.1) is 0 Å². The van der Waals surface area contributed by atoms with Crippen LogP contribution in [0.3, 0.4) is 0 Å². The quantitative estimate of drug-likeness (QED) is 0.743. The third-order valence-electron chi connectivity index (χ3n) is 1.76. The third kappa shape index (κ3) is 3.35. The number of thioether (sulfide) groups is 1. The Morgan fingerprint density at radius 2 is 2.29 bits per heavy atom. The summed E-state index contributed by atoms with van der Waals surface area (Å²) >= 11 is 1.38. The van der Waals surface area contributed by atoms with Crippen molar-refractivity contribution in [3.05, 3.63) is 30.3 Å². The maximum atomic E-state index is 11.3. The van der Waals surface area contributed by atoms with E-state index in [0.717, 1.165) is 4.90 Å². The maximum absolute atomic E-state index is 11.3. The van der Waals surface area contributed by atoms with Crippen molar-refractivity contribution < 1.29 is 8.42 Å². The van der Waals surface area contributed by atoms with Crippen LogP contribution in [0.1, 0.15) is 13.3 Å². The molecule has 2 nitrogen and oxygen atoms in total. The molecule has 0 aliphatic heterocycles. The first-order valence-electron chi connectivity index (χ1n) is 4.35. The third-order valence-corrected chi connectivity index (χ3v) is 5.51. The largest absolute Gasteiger partial charge is 0.228 e. The minimum Gasteiger partial charge on any atom is -0.228 e. The van der Waals surface area contributed by atoms with Crippen molar-refractivity contribution in [2.45, 2.75) is 22.8 Å². The average Bonchev–Trinajstić information content (AvgIpc) is 2.14. The van der Waals surface area contributed by atoms with Gasteiger partial charge in [0, 0.05) is 11.2 Å². The fourth-order valence-electron chi connectivity index (χ4n) is 1.08. The van der Waals surface area contributed by atoms with Crippen LogP contribution in [0, 0.1) is 6.07 Å². The Morgan fingerprint density at radius 3 is 2.71 bits per heavy atom. The van der Waals surface area contributed by atoms with Gasteiger partial charge < -0.3 is 0 Å². The lowest BCUT2D eigenvalue weighted by molar-refractivity contribution is 0.597. The van der Waals surface area contributed by atoms with Crippen LogP contribution in [0.15, 0.2) is 29.2 Å². The molecule has 1 radical (unpaired) electrons. The molecule has 1 unspecified atom stereocenters. The summed E-state index contributed by atoms with van der Waals surface area (Å²) in [5.41, 5.74) is 0. The first kappa shape index (κ1) is 11.6. The van der Waals surface area contributed by atoms with Crippen molar-refractivity contribution in [2.75, 3.05) is 6.26 Å². The lowest BCUT2D eigenvalue weighted by Crippen LogP contribution is -2.14. The normalized spacial score (nSPS) is 13.9. The van der Waals surface area contributed by atoms with Gasteiger partial charge in [-0.1, -0.05) is 19.1 Å². The Hall–Kier alpha value is -0.480. The molecule has 0 fully saturated rings. The van der Waals surface area contributed by atoms with Crippen molar-refractivity contribution in [1.29, 1.82) is 0 Å². The van der Waals surface area contributed by atoms with E-state index in [1.807, 2.05) is 19.1 Å². The van der Waals surface area contributed by atoms with Gasteiger partial charge in [-0.15, -0.1) is 11.8 Å². The molecule has 77 valence electrons. The van der Waals surface area contributed by atoms with Gasteiger partial charge in [0.2, 0.25) is 0 Å². The standard InChI is InChI=1S/C10H13O2S2/c1-3-10(14(2,11)12)13-9-7-5-4-6-8-9/h4-5,7-8,10H,3H2,1-2H3. The zero-order chi connectivity index (χ0) is 10.6. The molecule has 0 spiro atoms. The Labute approximate surface area is 89.6 Å². The van der Waals surface area contributed by atoms with E-state index in [9.17, 15) is 8.42 Å². The van der Waals surface area contributed by atoms with E-state index in [0.29, 0.717) is 6.42 Å². The van der Waals surface area contributed by atoms with Gasteiger partial charge in [0.25, 0.3) is 0 Å². The average molecular weight is 229 g/mol. The fraction of sp³-hybridized carbons (Fsp3) is 0.400. The van der Waals surface area contributed by atoms with E-state index in [4.69, 9.17) is 0 Å². The fourth-order valence-corrected chi connectivity index (χ4v) is 3.48. The summed E-state index contributed by atoms with van der Waals surface area (Å²) in [4.78, 5) is 0.949. The van der Waals surface area contributed by atoms with Gasteiger partial charge >= 0.3 is 0 Å². The van der Waals surface area contributed by atoms with Crippen LogP contribution in [0.2, 0.25) is 0 Å². The Balaban J connectivity index is 2.77. The highest BCUT2D eigenvalue weighted by Crippen LogP contribution is 2.27. The summed E-state index contributed by atoms with van der Waals surface area (Å²) in [6.07, 6.45) is 1.90. The molecule has 1 aromatic carbocycles. The Bertz CT molecular complexity index is 370. The van der Waals surface area contributed by atoms with Crippen LogP contribution < -0.4 is 0 Å². The summed E-state index contributed by atoms with van der Waals surface area (Å²) in [5.74, 6) is 0. The second-order valence-electron chi connectivity index (χ2n) is 3.02. The van der Waals surface area contributed by atoms with Crippen LogP contribution in [0.4, 0.5) is 0 Å². The molecule has 0 amide bonds. The monoisotopic (exact) mass is 229 g/mol. The number of benzene rings is 1. The van der Waals surface area contributed by atoms with Gasteiger partial charge in [-0.05, 0) is 24.6 Å². The zero-order valence-electron chi connectivity index (χ0n) is 8.23. The minimum absolute atomic E-state index is 0.349. The molecule has 0 bridgehead atoms. The highest BCUT2D eigenvalue weighted by molar-refractivity contribution is 8.13. The highest BCUT2D eigenvalue weighted by atomic mass is 32.3. The van der Waals surface area contributed by atoms with Gasteiger partial charge in [-0.2, -0.15) is 0 Å². The molecule has 0 aliphatic rings. The van der Waals surface area contributed by atoms with E-state index in [1.165, 1.54) is 18.0 Å². The van der Waals surface area contributed by atoms with Gasteiger partial charge in [0.15, 0.2) is 9.84 Å². The zero-order valence-corrected chi connectivity index (χ0v) is 9.86. The molecule has 14 heavy (non-hydrogen) atoms. The highest BCUT2D eigenvalue weighted by Gasteiger charge is 2.19. The smallest absolute Gasteiger partial charge is 0.159 e. The number of rotatable bonds is 4. The van der Waals surface area contributed by atoms with Crippen molar-refractivity contribution in [1.82, 2.24) is 0 Å². The summed E-state index contributed by atoms with van der Waals surface area (Å²) < 4.78 is 22.3. The SMILES string of the molecule is CCC(Sc1c[c]ccc1)S(C)(=O)=O.